The minimum absolute atomic E-state index is 0.168. The van der Waals surface area contributed by atoms with Crippen LogP contribution < -0.4 is 5.73 Å². The van der Waals surface area contributed by atoms with E-state index in [4.69, 9.17) is 5.73 Å². The van der Waals surface area contributed by atoms with Crippen molar-refractivity contribution in [2.45, 2.75) is 33.1 Å². The quantitative estimate of drug-likeness (QED) is 0.592. The van der Waals surface area contributed by atoms with Crippen molar-refractivity contribution >= 4 is 11.5 Å². The Labute approximate surface area is 91.5 Å². The predicted octanol–water partition coefficient (Wildman–Crippen LogP) is 3.28. The average molecular weight is 205 g/mol. The van der Waals surface area contributed by atoms with E-state index in [1.807, 2.05) is 12.1 Å². The second-order valence-electron chi connectivity index (χ2n) is 3.90. The maximum atomic E-state index is 11.9. The minimum Gasteiger partial charge on any atom is -0.398 e. The number of nitrogen functional groups attached to an aromatic ring is 1. The van der Waals surface area contributed by atoms with Crippen LogP contribution in [0.3, 0.4) is 0 Å². The fraction of sp³-hybridized carbons (Fsp3) is 0.462. The number of ketones is 1. The summed E-state index contributed by atoms with van der Waals surface area (Å²) in [6.07, 6.45) is 2.71. The highest BCUT2D eigenvalue weighted by Crippen LogP contribution is 2.19. The highest BCUT2D eigenvalue weighted by molar-refractivity contribution is 6.00. The molecule has 0 aliphatic carbocycles. The molecule has 0 spiro atoms. The lowest BCUT2D eigenvalue weighted by molar-refractivity contribution is 0.0959. The SMILES string of the molecule is CCC(CC)CC(=O)c1ccccc1N. The van der Waals surface area contributed by atoms with E-state index in [0.717, 1.165) is 12.8 Å². The number of hydrogen-bond acceptors (Lipinski definition) is 2. The topological polar surface area (TPSA) is 43.1 Å². The number of hydrogen-bond donors (Lipinski definition) is 1. The fourth-order valence-corrected chi connectivity index (χ4v) is 1.70. The summed E-state index contributed by atoms with van der Waals surface area (Å²) >= 11 is 0. The van der Waals surface area contributed by atoms with Crippen LogP contribution in [0.5, 0.6) is 0 Å². The molecule has 0 atom stereocenters. The average Bonchev–Trinajstić information content (AvgIpc) is 2.26. The van der Waals surface area contributed by atoms with Gasteiger partial charge in [-0.2, -0.15) is 0 Å². The van der Waals surface area contributed by atoms with Crippen LogP contribution in [0.1, 0.15) is 43.5 Å². The van der Waals surface area contributed by atoms with Crippen LogP contribution in [0.15, 0.2) is 24.3 Å². The molecule has 15 heavy (non-hydrogen) atoms. The lowest BCUT2D eigenvalue weighted by Gasteiger charge is -2.11. The molecular weight excluding hydrogens is 186 g/mol. The predicted molar refractivity (Wildman–Crippen MR) is 63.9 cm³/mol. The summed E-state index contributed by atoms with van der Waals surface area (Å²) in [6.45, 7) is 4.24. The van der Waals surface area contributed by atoms with Gasteiger partial charge in [-0.25, -0.2) is 0 Å². The van der Waals surface area contributed by atoms with Gasteiger partial charge in [-0.05, 0) is 18.1 Å². The smallest absolute Gasteiger partial charge is 0.165 e. The number of carbonyl (C=O) groups excluding carboxylic acids is 1. The van der Waals surface area contributed by atoms with Gasteiger partial charge in [0.05, 0.1) is 0 Å². The molecule has 0 aromatic heterocycles. The first-order valence-electron chi connectivity index (χ1n) is 5.56. The second kappa shape index (κ2) is 5.54. The zero-order valence-corrected chi connectivity index (χ0v) is 9.49. The molecule has 1 rings (SSSR count). The highest BCUT2D eigenvalue weighted by atomic mass is 16.1. The molecule has 0 saturated carbocycles. The molecule has 1 aromatic carbocycles. The van der Waals surface area contributed by atoms with Crippen molar-refractivity contribution in [1.29, 1.82) is 0 Å². The van der Waals surface area contributed by atoms with Gasteiger partial charge in [-0.15, -0.1) is 0 Å². The van der Waals surface area contributed by atoms with Crippen molar-refractivity contribution in [3.63, 3.8) is 0 Å². The van der Waals surface area contributed by atoms with Gasteiger partial charge in [0.15, 0.2) is 5.78 Å². The van der Waals surface area contributed by atoms with Crippen molar-refractivity contribution in [2.75, 3.05) is 5.73 Å². The molecule has 82 valence electrons. The van der Waals surface area contributed by atoms with Crippen molar-refractivity contribution in [1.82, 2.24) is 0 Å². The van der Waals surface area contributed by atoms with Crippen LogP contribution in [0.2, 0.25) is 0 Å². The van der Waals surface area contributed by atoms with Crippen molar-refractivity contribution in [3.05, 3.63) is 29.8 Å². The molecule has 1 aromatic rings. The van der Waals surface area contributed by atoms with Gasteiger partial charge in [-0.3, -0.25) is 4.79 Å². The summed E-state index contributed by atoms with van der Waals surface area (Å²) in [5.74, 6) is 0.652. The molecule has 0 radical (unpaired) electrons. The van der Waals surface area contributed by atoms with Crippen molar-refractivity contribution in [2.24, 2.45) is 5.92 Å². The number of nitrogens with two attached hydrogens (primary N) is 1. The monoisotopic (exact) mass is 205 g/mol. The molecule has 2 nitrogen and oxygen atoms in total. The Kier molecular flexibility index (Phi) is 4.35. The minimum atomic E-state index is 0.168. The van der Waals surface area contributed by atoms with E-state index >= 15 is 0 Å². The van der Waals surface area contributed by atoms with Crippen LogP contribution in [-0.4, -0.2) is 5.78 Å². The lowest BCUT2D eigenvalue weighted by Crippen LogP contribution is -2.09. The summed E-state index contributed by atoms with van der Waals surface area (Å²) in [5.41, 5.74) is 7.02. The Morgan fingerprint density at radius 2 is 1.87 bits per heavy atom. The summed E-state index contributed by atoms with van der Waals surface area (Å²) < 4.78 is 0. The van der Waals surface area contributed by atoms with Crippen LogP contribution in [0.25, 0.3) is 0 Å². The third-order valence-corrected chi connectivity index (χ3v) is 2.89. The molecule has 0 bridgehead atoms. The Bertz CT molecular complexity index is 329. The fourth-order valence-electron chi connectivity index (χ4n) is 1.70. The van der Waals surface area contributed by atoms with E-state index in [-0.39, 0.29) is 5.78 Å². The largest absolute Gasteiger partial charge is 0.398 e. The normalized spacial score (nSPS) is 10.6. The molecule has 0 fully saturated rings. The molecule has 0 aliphatic rings. The molecule has 2 N–H and O–H groups in total. The van der Waals surface area contributed by atoms with Gasteiger partial charge < -0.3 is 5.73 Å². The number of anilines is 1. The van der Waals surface area contributed by atoms with E-state index in [1.54, 1.807) is 12.1 Å². The molecule has 0 heterocycles. The van der Waals surface area contributed by atoms with Crippen molar-refractivity contribution < 1.29 is 4.79 Å². The van der Waals surface area contributed by atoms with Gasteiger partial charge in [0.25, 0.3) is 0 Å². The van der Waals surface area contributed by atoms with E-state index in [0.29, 0.717) is 23.6 Å². The van der Waals surface area contributed by atoms with Gasteiger partial charge in [0, 0.05) is 17.7 Å². The number of rotatable bonds is 5. The maximum Gasteiger partial charge on any atom is 0.165 e. The second-order valence-corrected chi connectivity index (χ2v) is 3.90. The number of benzene rings is 1. The van der Waals surface area contributed by atoms with Crippen LogP contribution in [0.4, 0.5) is 5.69 Å². The van der Waals surface area contributed by atoms with Crippen LogP contribution in [-0.2, 0) is 0 Å². The van der Waals surface area contributed by atoms with Gasteiger partial charge >= 0.3 is 0 Å². The maximum absolute atomic E-state index is 11.9. The summed E-state index contributed by atoms with van der Waals surface area (Å²) in [7, 11) is 0. The molecular formula is C13H19NO. The molecule has 2 heteroatoms. The molecule has 0 unspecified atom stereocenters. The van der Waals surface area contributed by atoms with E-state index in [9.17, 15) is 4.79 Å². The van der Waals surface area contributed by atoms with Crippen molar-refractivity contribution in [3.8, 4) is 0 Å². The first kappa shape index (κ1) is 11.8. The molecule has 0 aliphatic heterocycles. The van der Waals surface area contributed by atoms with Gasteiger partial charge in [-0.1, -0.05) is 38.8 Å². The van der Waals surface area contributed by atoms with E-state index < -0.39 is 0 Å². The number of Topliss-reactive ketones (excluding diaryl/α,β-unsaturated/α-hetero) is 1. The Morgan fingerprint density at radius 1 is 1.27 bits per heavy atom. The Balaban J connectivity index is 2.73. The van der Waals surface area contributed by atoms with Crippen LogP contribution in [0, 0.1) is 5.92 Å². The first-order chi connectivity index (χ1) is 7.19. The summed E-state index contributed by atoms with van der Waals surface area (Å²) in [5, 5.41) is 0. The number of carbonyl (C=O) groups is 1. The third-order valence-electron chi connectivity index (χ3n) is 2.89. The van der Waals surface area contributed by atoms with Gasteiger partial charge in [0.2, 0.25) is 0 Å². The Hall–Kier alpha value is -1.31. The summed E-state index contributed by atoms with van der Waals surface area (Å²) in [6, 6.07) is 7.29. The lowest BCUT2D eigenvalue weighted by atomic mass is 9.93. The highest BCUT2D eigenvalue weighted by Gasteiger charge is 2.13. The zero-order chi connectivity index (χ0) is 11.3. The van der Waals surface area contributed by atoms with E-state index in [2.05, 4.69) is 13.8 Å². The molecule has 0 saturated heterocycles. The molecule has 0 amide bonds. The zero-order valence-electron chi connectivity index (χ0n) is 9.49. The third kappa shape index (κ3) is 3.08. The van der Waals surface area contributed by atoms with Crippen LogP contribution >= 0.6 is 0 Å². The Morgan fingerprint density at radius 3 is 2.40 bits per heavy atom. The van der Waals surface area contributed by atoms with E-state index in [1.165, 1.54) is 0 Å². The number of para-hydroxylation sites is 1. The van der Waals surface area contributed by atoms with Gasteiger partial charge in [0.1, 0.15) is 0 Å². The summed E-state index contributed by atoms with van der Waals surface area (Å²) in [4.78, 5) is 11.9. The standard InChI is InChI=1S/C13H19NO/c1-3-10(4-2)9-13(15)11-7-5-6-8-12(11)14/h5-8,10H,3-4,9,14H2,1-2H3. The first-order valence-corrected chi connectivity index (χ1v) is 5.56.